The Bertz CT molecular complexity index is 287. The van der Waals surface area contributed by atoms with E-state index in [1.54, 1.807) is 6.92 Å². The number of rotatable bonds is 13. The molecule has 0 saturated carbocycles. The lowest BCUT2D eigenvalue weighted by atomic mass is 10.4. The van der Waals surface area contributed by atoms with Crippen LogP contribution in [-0.2, 0) is 22.8 Å². The Kier molecular flexibility index (Phi) is 10.8. The molecule has 126 valence electrons. The topological polar surface area (TPSA) is 106 Å². The quantitative estimate of drug-likeness (QED) is 0.248. The molecule has 0 radical (unpaired) electrons. The maximum Gasteiger partial charge on any atom is 0.501 e. The average molecular weight is 325 g/mol. The van der Waals surface area contributed by atoms with Crippen LogP contribution in [-0.4, -0.2) is 71.3 Å². The van der Waals surface area contributed by atoms with Crippen LogP contribution >= 0.6 is 0 Å². The number of ether oxygens (including phenoxy) is 1. The highest BCUT2D eigenvalue weighted by atomic mass is 28.4. The molecule has 0 aliphatic carbocycles. The van der Waals surface area contributed by atoms with Gasteiger partial charge < -0.3 is 28.2 Å². The van der Waals surface area contributed by atoms with Crippen LogP contribution in [0.25, 0.3) is 0 Å². The van der Waals surface area contributed by atoms with E-state index in [1.165, 1.54) is 21.1 Å². The van der Waals surface area contributed by atoms with Gasteiger partial charge in [0.1, 0.15) is 6.04 Å². The number of hydrogen-bond acceptors (Lipinski definition) is 7. The molecule has 0 spiro atoms. The minimum atomic E-state index is -2.82. The van der Waals surface area contributed by atoms with Crippen LogP contribution in [0.15, 0.2) is 0 Å². The first kappa shape index (κ1) is 20.4. The molecule has 0 aliphatic heterocycles. The maximum atomic E-state index is 10.7. The molecule has 8 nitrogen and oxygen atoms in total. The molecular formula is C12H27NO7Si. The van der Waals surface area contributed by atoms with Gasteiger partial charge in [0.2, 0.25) is 0 Å². The van der Waals surface area contributed by atoms with E-state index in [-0.39, 0.29) is 13.3 Å². The molecule has 21 heavy (non-hydrogen) atoms. The molecule has 0 saturated heterocycles. The molecular weight excluding hydrogens is 298 g/mol. The van der Waals surface area contributed by atoms with Crippen LogP contribution in [0.2, 0.25) is 6.04 Å². The average Bonchev–Trinajstić information content (AvgIpc) is 2.44. The Hall–Kier alpha value is -0.553. The third-order valence-corrected chi connectivity index (χ3v) is 5.60. The molecule has 0 amide bonds. The van der Waals surface area contributed by atoms with Gasteiger partial charge in [-0.05, 0) is 20.3 Å². The van der Waals surface area contributed by atoms with E-state index >= 15 is 0 Å². The van der Waals surface area contributed by atoms with E-state index in [1.807, 2.05) is 0 Å². The summed E-state index contributed by atoms with van der Waals surface area (Å²) in [5.41, 5.74) is 0. The Morgan fingerprint density at radius 1 is 1.29 bits per heavy atom. The number of hydrogen-bond donors (Lipinski definition) is 3. The minimum absolute atomic E-state index is 0.0376. The largest absolute Gasteiger partial charge is 0.501 e. The van der Waals surface area contributed by atoms with Crippen LogP contribution < -0.4 is 5.32 Å². The zero-order valence-corrected chi connectivity index (χ0v) is 14.1. The van der Waals surface area contributed by atoms with E-state index < -0.39 is 26.9 Å². The molecule has 0 rings (SSSR count). The first-order valence-electron chi connectivity index (χ1n) is 6.83. The fourth-order valence-electron chi connectivity index (χ4n) is 1.49. The standard InChI is InChI=1S/C12H27NO7Si/c1-10(14)8-19-6-5-7-21(17-3,18-4)20-9-13-11(2)12(15)16/h10-11,13-14H,5-9H2,1-4H3,(H,15,16)/t10?,11-/m0/s1. The van der Waals surface area contributed by atoms with Crippen molar-refractivity contribution in [3.63, 3.8) is 0 Å². The summed E-state index contributed by atoms with van der Waals surface area (Å²) < 4.78 is 21.6. The summed E-state index contributed by atoms with van der Waals surface area (Å²) in [7, 11) is 0.194. The monoisotopic (exact) mass is 325 g/mol. The van der Waals surface area contributed by atoms with E-state index in [4.69, 9.17) is 28.2 Å². The molecule has 0 heterocycles. The van der Waals surface area contributed by atoms with Crippen molar-refractivity contribution < 1.29 is 33.0 Å². The summed E-state index contributed by atoms with van der Waals surface area (Å²) in [6.07, 6.45) is 0.171. The SMILES string of the molecule is CO[Si](CCCOCC(C)O)(OC)OCN[C@@H](C)C(=O)O. The Morgan fingerprint density at radius 2 is 1.90 bits per heavy atom. The zero-order chi connectivity index (χ0) is 16.3. The normalized spacial score (nSPS) is 14.9. The van der Waals surface area contributed by atoms with Crippen LogP contribution in [0.4, 0.5) is 0 Å². The summed E-state index contributed by atoms with van der Waals surface area (Å²) in [5.74, 6) is -0.952. The number of carboxylic acids is 1. The second-order valence-electron chi connectivity index (χ2n) is 4.67. The second kappa shape index (κ2) is 11.1. The van der Waals surface area contributed by atoms with Gasteiger partial charge in [0.05, 0.1) is 19.4 Å². The molecule has 0 aromatic heterocycles. The molecule has 2 atom stereocenters. The number of carboxylic acid groups (broad SMARTS) is 1. The highest BCUT2D eigenvalue weighted by Gasteiger charge is 2.38. The third kappa shape index (κ3) is 9.14. The van der Waals surface area contributed by atoms with Crippen molar-refractivity contribution >= 4 is 14.8 Å². The predicted molar refractivity (Wildman–Crippen MR) is 77.9 cm³/mol. The third-order valence-electron chi connectivity index (χ3n) is 2.80. The lowest BCUT2D eigenvalue weighted by Crippen LogP contribution is -2.48. The van der Waals surface area contributed by atoms with Crippen molar-refractivity contribution in [3.8, 4) is 0 Å². The molecule has 1 unspecified atom stereocenters. The Morgan fingerprint density at radius 3 is 2.38 bits per heavy atom. The van der Waals surface area contributed by atoms with Gasteiger partial charge in [0.15, 0.2) is 0 Å². The maximum absolute atomic E-state index is 10.7. The zero-order valence-electron chi connectivity index (χ0n) is 13.1. The van der Waals surface area contributed by atoms with Crippen molar-refractivity contribution in [1.82, 2.24) is 5.32 Å². The summed E-state index contributed by atoms with van der Waals surface area (Å²) in [4.78, 5) is 10.7. The number of nitrogens with one attached hydrogen (secondary N) is 1. The van der Waals surface area contributed by atoms with Gasteiger partial charge >= 0.3 is 14.8 Å². The lowest BCUT2D eigenvalue weighted by molar-refractivity contribution is -0.139. The van der Waals surface area contributed by atoms with E-state index in [9.17, 15) is 4.79 Å². The van der Waals surface area contributed by atoms with Gasteiger partial charge in [-0.1, -0.05) is 0 Å². The molecule has 0 aromatic rings. The van der Waals surface area contributed by atoms with E-state index in [0.29, 0.717) is 19.1 Å². The van der Waals surface area contributed by atoms with Crippen LogP contribution in [0.1, 0.15) is 20.3 Å². The molecule has 9 heteroatoms. The minimum Gasteiger partial charge on any atom is -0.480 e. The van der Waals surface area contributed by atoms with E-state index in [0.717, 1.165) is 0 Å². The van der Waals surface area contributed by atoms with Gasteiger partial charge in [-0.25, -0.2) is 0 Å². The van der Waals surface area contributed by atoms with Crippen molar-refractivity contribution in [2.75, 3.05) is 34.2 Å². The molecule has 0 aliphatic rings. The highest BCUT2D eigenvalue weighted by Crippen LogP contribution is 2.15. The highest BCUT2D eigenvalue weighted by molar-refractivity contribution is 6.60. The van der Waals surface area contributed by atoms with Crippen molar-refractivity contribution in [2.45, 2.75) is 38.5 Å². The molecule has 0 fully saturated rings. The molecule has 0 aromatic carbocycles. The van der Waals surface area contributed by atoms with Crippen molar-refractivity contribution in [1.29, 1.82) is 0 Å². The van der Waals surface area contributed by atoms with Gasteiger partial charge in [-0.3, -0.25) is 10.1 Å². The first-order chi connectivity index (χ1) is 9.87. The van der Waals surface area contributed by atoms with Crippen LogP contribution in [0, 0.1) is 0 Å². The molecule has 3 N–H and O–H groups in total. The van der Waals surface area contributed by atoms with Gasteiger partial charge in [0.25, 0.3) is 0 Å². The van der Waals surface area contributed by atoms with Crippen molar-refractivity contribution in [3.05, 3.63) is 0 Å². The smallest absolute Gasteiger partial charge is 0.480 e. The van der Waals surface area contributed by atoms with Gasteiger partial charge in [0, 0.05) is 26.9 Å². The number of aliphatic hydroxyl groups is 1. The first-order valence-corrected chi connectivity index (χ1v) is 8.76. The predicted octanol–water partition coefficient (Wildman–Crippen LogP) is 0.0424. The number of aliphatic hydroxyl groups excluding tert-OH is 1. The Labute approximate surface area is 126 Å². The van der Waals surface area contributed by atoms with Crippen LogP contribution in [0.3, 0.4) is 0 Å². The van der Waals surface area contributed by atoms with Crippen molar-refractivity contribution in [2.24, 2.45) is 0 Å². The Balaban J connectivity index is 4.08. The summed E-state index contributed by atoms with van der Waals surface area (Å²) in [6.45, 7) is 3.97. The number of aliphatic carboxylic acids is 1. The summed E-state index contributed by atoms with van der Waals surface area (Å²) >= 11 is 0. The van der Waals surface area contributed by atoms with Crippen LogP contribution in [0.5, 0.6) is 0 Å². The number of carbonyl (C=O) groups is 1. The second-order valence-corrected chi connectivity index (χ2v) is 7.64. The van der Waals surface area contributed by atoms with Gasteiger partial charge in [-0.15, -0.1) is 0 Å². The molecule has 0 bridgehead atoms. The summed E-state index contributed by atoms with van der Waals surface area (Å²) in [6, 6.07) is -0.164. The van der Waals surface area contributed by atoms with E-state index in [2.05, 4.69) is 5.32 Å². The summed E-state index contributed by atoms with van der Waals surface area (Å²) in [5, 5.41) is 20.5. The van der Waals surface area contributed by atoms with Gasteiger partial charge in [-0.2, -0.15) is 0 Å². The fourth-order valence-corrected chi connectivity index (χ4v) is 3.32. The fraction of sp³-hybridized carbons (Fsp3) is 0.917. The lowest BCUT2D eigenvalue weighted by Gasteiger charge is -2.27.